The van der Waals surface area contributed by atoms with Crippen LogP contribution in [0.1, 0.15) is 11.1 Å². The Bertz CT molecular complexity index is 4320. The molecule has 7 nitrogen and oxygen atoms in total. The number of aliphatic imine (C=N–C) groups is 2. The molecule has 414 valence electrons. The molecular weight excluding hydrogens is 1060 g/mol. The first-order valence-corrected chi connectivity index (χ1v) is 29.3. The second kappa shape index (κ2) is 24.6. The zero-order chi connectivity index (χ0) is 58.1. The lowest BCUT2D eigenvalue weighted by molar-refractivity contribution is 1.28. The SMILES string of the molecule is C1=C(c2ccc(N(c3ccccc3)c3ccccc3)cc2)C(=Nc2[nH]c(-c3ccc(N(c4ccccc4)c4ccccc4)cc3)cc2-c2ccc(N(c3ccccc3)c3ccccc3)cc2)N=C1c1ccc(N(c2ccccc2)c2ccccc2)cc1. The molecule has 87 heavy (non-hydrogen) atoms. The average Bonchev–Trinajstić information content (AvgIpc) is 2.88. The summed E-state index contributed by atoms with van der Waals surface area (Å²) in [6.45, 7) is 0. The van der Waals surface area contributed by atoms with Crippen molar-refractivity contribution in [1.29, 1.82) is 0 Å². The minimum absolute atomic E-state index is 0.599. The van der Waals surface area contributed by atoms with E-state index in [1.807, 2.05) is 0 Å². The number of H-pyrrole nitrogens is 1. The summed E-state index contributed by atoms with van der Waals surface area (Å²) in [6.07, 6.45) is 2.19. The molecule has 0 unspecified atom stereocenters. The number of hydrogen-bond donors (Lipinski definition) is 1. The largest absolute Gasteiger partial charge is 0.339 e. The Balaban J connectivity index is 0.894. The molecule has 2 heterocycles. The summed E-state index contributed by atoms with van der Waals surface area (Å²) in [5.74, 6) is 1.29. The van der Waals surface area contributed by atoms with E-state index in [0.29, 0.717) is 11.7 Å². The first-order valence-electron chi connectivity index (χ1n) is 29.3. The number of para-hydroxylation sites is 8. The van der Waals surface area contributed by atoms with Crippen molar-refractivity contribution in [3.63, 3.8) is 0 Å². The van der Waals surface area contributed by atoms with E-state index in [-0.39, 0.29) is 0 Å². The Hall–Kier alpha value is -11.8. The molecule has 0 bridgehead atoms. The molecule has 1 aromatic heterocycles. The van der Waals surface area contributed by atoms with E-state index in [0.717, 1.165) is 113 Å². The summed E-state index contributed by atoms with van der Waals surface area (Å²) in [7, 11) is 0. The maximum Gasteiger partial charge on any atom is 0.162 e. The van der Waals surface area contributed by atoms with Gasteiger partial charge >= 0.3 is 0 Å². The highest BCUT2D eigenvalue weighted by Crippen LogP contribution is 2.43. The van der Waals surface area contributed by atoms with Crippen LogP contribution >= 0.6 is 0 Å². The number of nitrogens with one attached hydrogen (secondary N) is 1. The Morgan fingerprint density at radius 1 is 0.253 bits per heavy atom. The van der Waals surface area contributed by atoms with E-state index < -0.39 is 0 Å². The predicted octanol–water partition coefficient (Wildman–Crippen LogP) is 21.8. The quantitative estimate of drug-likeness (QED) is 0.0987. The Morgan fingerprint density at radius 2 is 0.506 bits per heavy atom. The second-order valence-corrected chi connectivity index (χ2v) is 21.1. The number of rotatable bonds is 17. The number of anilines is 12. The van der Waals surface area contributed by atoms with Crippen LogP contribution in [0.4, 0.5) is 74.1 Å². The lowest BCUT2D eigenvalue weighted by Gasteiger charge is -2.25. The van der Waals surface area contributed by atoms with Crippen LogP contribution < -0.4 is 19.6 Å². The van der Waals surface area contributed by atoms with E-state index in [1.165, 1.54) is 0 Å². The number of benzene rings is 12. The molecular formula is C80H59N7. The van der Waals surface area contributed by atoms with Gasteiger partial charge in [-0.2, -0.15) is 0 Å². The van der Waals surface area contributed by atoms with Gasteiger partial charge in [-0.1, -0.05) is 194 Å². The number of nitrogens with zero attached hydrogens (tertiary/aromatic N) is 6. The fraction of sp³-hybridized carbons (Fsp3) is 0. The molecule has 1 N–H and O–H groups in total. The standard InChI is InChI=1S/C80H59N7/c1-9-25-63(26-10-1)84(64-27-11-2-12-28-64)71-49-41-59(42-50-71)75-57-77(61-45-53-73(54-46-61)86(67-33-17-5-18-34-67)68-35-19-6-20-36-68)81-79(75)83-80-76(60-43-51-72(52-44-60)85(65-29-13-3-14-30-65)66-31-15-4-16-32-66)58-78(82-80)62-47-55-74(56-48-62)87(69-37-21-7-22-38-69)70-39-23-8-24-40-70/h1-58,81H. The molecule has 1 aliphatic heterocycles. The minimum Gasteiger partial charge on any atom is -0.339 e. The lowest BCUT2D eigenvalue weighted by atomic mass is 10.0. The van der Waals surface area contributed by atoms with Gasteiger partial charge in [0.05, 0.1) is 5.71 Å². The number of aromatic nitrogens is 1. The highest BCUT2D eigenvalue weighted by atomic mass is 15.2. The van der Waals surface area contributed by atoms with Crippen molar-refractivity contribution in [3.05, 3.63) is 363 Å². The summed E-state index contributed by atoms with van der Waals surface area (Å²) in [4.78, 5) is 24.1. The maximum atomic E-state index is 5.64. The second-order valence-electron chi connectivity index (χ2n) is 21.1. The van der Waals surface area contributed by atoms with E-state index in [4.69, 9.17) is 9.98 Å². The first-order chi connectivity index (χ1) is 43.1. The third kappa shape index (κ3) is 11.4. The van der Waals surface area contributed by atoms with Gasteiger partial charge in [0.2, 0.25) is 0 Å². The number of allylic oxidation sites excluding steroid dienone is 1. The van der Waals surface area contributed by atoms with Gasteiger partial charge in [0, 0.05) is 90.6 Å². The predicted molar refractivity (Wildman–Crippen MR) is 365 cm³/mol. The molecule has 12 aromatic carbocycles. The molecule has 0 saturated carbocycles. The van der Waals surface area contributed by atoms with Crippen molar-refractivity contribution in [3.8, 4) is 22.4 Å². The molecule has 0 spiro atoms. The molecule has 0 fully saturated rings. The van der Waals surface area contributed by atoms with Crippen molar-refractivity contribution in [2.45, 2.75) is 0 Å². The highest BCUT2D eigenvalue weighted by molar-refractivity contribution is 6.38. The monoisotopic (exact) mass is 1120 g/mol. The van der Waals surface area contributed by atoms with Crippen LogP contribution in [0.15, 0.2) is 362 Å². The van der Waals surface area contributed by atoms with E-state index in [9.17, 15) is 0 Å². The molecule has 0 saturated heterocycles. The maximum absolute atomic E-state index is 5.64. The van der Waals surface area contributed by atoms with Crippen molar-refractivity contribution in [2.75, 3.05) is 19.6 Å². The van der Waals surface area contributed by atoms with Gasteiger partial charge in [0.15, 0.2) is 5.84 Å². The molecule has 0 radical (unpaired) electrons. The zero-order valence-corrected chi connectivity index (χ0v) is 47.7. The topological polar surface area (TPSA) is 53.5 Å². The summed E-state index contributed by atoms with van der Waals surface area (Å²) >= 11 is 0. The summed E-state index contributed by atoms with van der Waals surface area (Å²) in [5.41, 5.74) is 20.3. The Kier molecular flexibility index (Phi) is 15.0. The van der Waals surface area contributed by atoms with E-state index >= 15 is 0 Å². The van der Waals surface area contributed by atoms with Gasteiger partial charge in [0.25, 0.3) is 0 Å². The van der Waals surface area contributed by atoms with Crippen LogP contribution in [0.3, 0.4) is 0 Å². The van der Waals surface area contributed by atoms with Gasteiger partial charge in [-0.05, 0) is 174 Å². The molecule has 14 rings (SSSR count). The highest BCUT2D eigenvalue weighted by Gasteiger charge is 2.24. The Morgan fingerprint density at radius 3 is 0.805 bits per heavy atom. The minimum atomic E-state index is 0.599. The van der Waals surface area contributed by atoms with Crippen LogP contribution in [0.25, 0.3) is 28.0 Å². The van der Waals surface area contributed by atoms with Gasteiger partial charge in [-0.25, -0.2) is 9.98 Å². The van der Waals surface area contributed by atoms with Crippen LogP contribution in [0.5, 0.6) is 0 Å². The number of amidine groups is 1. The van der Waals surface area contributed by atoms with Crippen molar-refractivity contribution in [1.82, 2.24) is 4.98 Å². The summed E-state index contributed by atoms with van der Waals surface area (Å²) < 4.78 is 0. The molecule has 1 aliphatic rings. The van der Waals surface area contributed by atoms with Gasteiger partial charge in [-0.15, -0.1) is 0 Å². The number of hydrogen-bond acceptors (Lipinski definition) is 5. The first kappa shape index (κ1) is 53.2. The fourth-order valence-corrected chi connectivity index (χ4v) is 11.4. The van der Waals surface area contributed by atoms with Gasteiger partial charge in [-0.3, -0.25) is 0 Å². The van der Waals surface area contributed by atoms with Crippen LogP contribution in [-0.2, 0) is 0 Å². The average molecular weight is 1120 g/mol. The molecule has 7 heteroatoms. The summed E-state index contributed by atoms with van der Waals surface area (Å²) in [6, 6.07) is 121. The van der Waals surface area contributed by atoms with Crippen LogP contribution in [0, 0.1) is 0 Å². The number of aromatic amines is 1. The van der Waals surface area contributed by atoms with Gasteiger partial charge in [0.1, 0.15) is 5.82 Å². The van der Waals surface area contributed by atoms with Crippen LogP contribution in [0.2, 0.25) is 0 Å². The molecule has 0 atom stereocenters. The Labute approximate surface area is 508 Å². The van der Waals surface area contributed by atoms with Crippen LogP contribution in [-0.4, -0.2) is 16.5 Å². The van der Waals surface area contributed by atoms with Gasteiger partial charge < -0.3 is 24.6 Å². The van der Waals surface area contributed by atoms with E-state index in [2.05, 4.69) is 376 Å². The third-order valence-electron chi connectivity index (χ3n) is 15.6. The third-order valence-corrected chi connectivity index (χ3v) is 15.6. The normalized spacial score (nSPS) is 12.3. The van der Waals surface area contributed by atoms with Crippen molar-refractivity contribution >= 4 is 91.2 Å². The fourth-order valence-electron chi connectivity index (χ4n) is 11.4. The van der Waals surface area contributed by atoms with Crippen molar-refractivity contribution < 1.29 is 0 Å². The van der Waals surface area contributed by atoms with Crippen molar-refractivity contribution in [2.24, 2.45) is 9.98 Å². The molecule has 13 aromatic rings. The smallest absolute Gasteiger partial charge is 0.162 e. The molecule has 0 aliphatic carbocycles. The lowest BCUT2D eigenvalue weighted by Crippen LogP contribution is -2.09. The zero-order valence-electron chi connectivity index (χ0n) is 47.7. The molecule has 0 amide bonds. The van der Waals surface area contributed by atoms with E-state index in [1.54, 1.807) is 0 Å². The summed E-state index contributed by atoms with van der Waals surface area (Å²) in [5, 5.41) is 0.